The smallest absolute Gasteiger partial charge is 0.320 e. The molecule has 1 aromatic rings. The second-order valence-corrected chi connectivity index (χ2v) is 3.92. The standard InChI is InChI=1S/C12H17NO4/c1-8(12(15)16)13(2)7-9-4-5-10(17-3)6-11(9)14/h4-6,8,14H,7H2,1-3H3,(H,15,16). The van der Waals surface area contributed by atoms with Gasteiger partial charge in [0.1, 0.15) is 17.5 Å². The largest absolute Gasteiger partial charge is 0.507 e. The Morgan fingerprint density at radius 2 is 2.18 bits per heavy atom. The van der Waals surface area contributed by atoms with E-state index in [2.05, 4.69) is 0 Å². The second kappa shape index (κ2) is 5.54. The molecule has 1 unspecified atom stereocenters. The Kier molecular flexibility index (Phi) is 4.34. The van der Waals surface area contributed by atoms with E-state index in [1.807, 2.05) is 0 Å². The van der Waals surface area contributed by atoms with Crippen molar-refractivity contribution in [1.82, 2.24) is 4.90 Å². The third-order valence-corrected chi connectivity index (χ3v) is 2.73. The van der Waals surface area contributed by atoms with Gasteiger partial charge in [0.15, 0.2) is 0 Å². The number of aromatic hydroxyl groups is 1. The molecular weight excluding hydrogens is 222 g/mol. The van der Waals surface area contributed by atoms with E-state index in [0.29, 0.717) is 17.9 Å². The fourth-order valence-corrected chi connectivity index (χ4v) is 1.40. The summed E-state index contributed by atoms with van der Waals surface area (Å²) in [5, 5.41) is 18.6. The molecule has 5 nitrogen and oxygen atoms in total. The van der Waals surface area contributed by atoms with Crippen molar-refractivity contribution in [2.45, 2.75) is 19.5 Å². The van der Waals surface area contributed by atoms with E-state index in [-0.39, 0.29) is 5.75 Å². The van der Waals surface area contributed by atoms with Gasteiger partial charge in [0, 0.05) is 18.2 Å². The molecule has 94 valence electrons. The molecule has 0 heterocycles. The molecule has 0 aromatic heterocycles. The van der Waals surface area contributed by atoms with Gasteiger partial charge in [-0.3, -0.25) is 9.69 Å². The number of carboxylic acids is 1. The highest BCUT2D eigenvalue weighted by Crippen LogP contribution is 2.24. The first-order valence-corrected chi connectivity index (χ1v) is 5.24. The van der Waals surface area contributed by atoms with Gasteiger partial charge < -0.3 is 14.9 Å². The van der Waals surface area contributed by atoms with Gasteiger partial charge in [0.05, 0.1) is 7.11 Å². The van der Waals surface area contributed by atoms with Crippen molar-refractivity contribution in [2.24, 2.45) is 0 Å². The Labute approximate surface area is 100 Å². The maximum absolute atomic E-state index is 10.8. The first kappa shape index (κ1) is 13.3. The number of hydrogen-bond acceptors (Lipinski definition) is 4. The molecule has 0 saturated carbocycles. The summed E-state index contributed by atoms with van der Waals surface area (Å²) in [5.41, 5.74) is 0.668. The first-order chi connectivity index (χ1) is 7.95. The molecule has 0 saturated heterocycles. The maximum Gasteiger partial charge on any atom is 0.320 e. The molecular formula is C12H17NO4. The molecule has 17 heavy (non-hydrogen) atoms. The van der Waals surface area contributed by atoms with Crippen molar-refractivity contribution in [2.75, 3.05) is 14.2 Å². The van der Waals surface area contributed by atoms with Crippen LogP contribution in [0.4, 0.5) is 0 Å². The van der Waals surface area contributed by atoms with Crippen LogP contribution in [0.5, 0.6) is 11.5 Å². The number of phenolic OH excluding ortho intramolecular Hbond substituents is 1. The number of carboxylic acid groups (broad SMARTS) is 1. The minimum Gasteiger partial charge on any atom is -0.507 e. The lowest BCUT2D eigenvalue weighted by atomic mass is 10.1. The van der Waals surface area contributed by atoms with E-state index in [9.17, 15) is 9.90 Å². The molecule has 0 radical (unpaired) electrons. The van der Waals surface area contributed by atoms with Crippen LogP contribution in [-0.4, -0.2) is 41.3 Å². The van der Waals surface area contributed by atoms with Gasteiger partial charge in [-0.25, -0.2) is 0 Å². The van der Waals surface area contributed by atoms with Gasteiger partial charge in [-0.1, -0.05) is 6.07 Å². The molecule has 0 aliphatic heterocycles. The number of benzene rings is 1. The number of rotatable bonds is 5. The number of nitrogens with zero attached hydrogens (tertiary/aromatic N) is 1. The van der Waals surface area contributed by atoms with Gasteiger partial charge in [-0.15, -0.1) is 0 Å². The predicted octanol–water partition coefficient (Wildman–Crippen LogP) is 1.31. The summed E-state index contributed by atoms with van der Waals surface area (Å²) < 4.78 is 4.97. The van der Waals surface area contributed by atoms with Crippen LogP contribution in [0.3, 0.4) is 0 Å². The van der Waals surface area contributed by atoms with Gasteiger partial charge in [0.25, 0.3) is 0 Å². The molecule has 1 atom stereocenters. The van der Waals surface area contributed by atoms with Crippen LogP contribution in [0.25, 0.3) is 0 Å². The Balaban J connectivity index is 2.78. The minimum atomic E-state index is -0.888. The fourth-order valence-electron chi connectivity index (χ4n) is 1.40. The lowest BCUT2D eigenvalue weighted by Crippen LogP contribution is -2.35. The lowest BCUT2D eigenvalue weighted by molar-refractivity contribution is -0.142. The molecule has 1 rings (SSSR count). The number of hydrogen-bond donors (Lipinski definition) is 2. The highest BCUT2D eigenvalue weighted by atomic mass is 16.5. The number of carbonyl (C=O) groups is 1. The normalized spacial score (nSPS) is 12.5. The van der Waals surface area contributed by atoms with E-state index in [4.69, 9.17) is 9.84 Å². The van der Waals surface area contributed by atoms with Gasteiger partial charge >= 0.3 is 5.97 Å². The van der Waals surface area contributed by atoms with Gasteiger partial charge in [0.2, 0.25) is 0 Å². The molecule has 1 aromatic carbocycles. The monoisotopic (exact) mass is 239 g/mol. The highest BCUT2D eigenvalue weighted by Gasteiger charge is 2.17. The Morgan fingerprint density at radius 3 is 2.65 bits per heavy atom. The summed E-state index contributed by atoms with van der Waals surface area (Å²) in [6.07, 6.45) is 0. The lowest BCUT2D eigenvalue weighted by Gasteiger charge is -2.21. The van der Waals surface area contributed by atoms with Crippen LogP contribution < -0.4 is 4.74 Å². The number of methoxy groups -OCH3 is 1. The van der Waals surface area contributed by atoms with Crippen molar-refractivity contribution in [1.29, 1.82) is 0 Å². The van der Waals surface area contributed by atoms with Crippen molar-refractivity contribution in [3.63, 3.8) is 0 Å². The van der Waals surface area contributed by atoms with E-state index in [1.165, 1.54) is 13.2 Å². The highest BCUT2D eigenvalue weighted by molar-refractivity contribution is 5.72. The Hall–Kier alpha value is -1.75. The molecule has 0 aliphatic carbocycles. The molecule has 5 heteroatoms. The summed E-state index contributed by atoms with van der Waals surface area (Å²) >= 11 is 0. The third-order valence-electron chi connectivity index (χ3n) is 2.73. The molecule has 0 spiro atoms. The zero-order valence-electron chi connectivity index (χ0n) is 10.2. The zero-order chi connectivity index (χ0) is 13.0. The summed E-state index contributed by atoms with van der Waals surface area (Å²) in [6, 6.07) is 4.36. The van der Waals surface area contributed by atoms with Crippen LogP contribution in [0.2, 0.25) is 0 Å². The van der Waals surface area contributed by atoms with Crippen LogP contribution in [0, 0.1) is 0 Å². The van der Waals surface area contributed by atoms with Crippen LogP contribution in [0.15, 0.2) is 18.2 Å². The predicted molar refractivity (Wildman–Crippen MR) is 63.2 cm³/mol. The molecule has 0 bridgehead atoms. The van der Waals surface area contributed by atoms with Crippen molar-refractivity contribution < 1.29 is 19.7 Å². The fraction of sp³-hybridized carbons (Fsp3) is 0.417. The van der Waals surface area contributed by atoms with E-state index >= 15 is 0 Å². The minimum absolute atomic E-state index is 0.105. The van der Waals surface area contributed by atoms with E-state index in [1.54, 1.807) is 31.0 Å². The summed E-state index contributed by atoms with van der Waals surface area (Å²) in [5.74, 6) is -0.213. The molecule has 0 aliphatic rings. The number of phenols is 1. The van der Waals surface area contributed by atoms with Crippen LogP contribution in [-0.2, 0) is 11.3 Å². The van der Waals surface area contributed by atoms with Crippen LogP contribution in [0.1, 0.15) is 12.5 Å². The zero-order valence-corrected chi connectivity index (χ0v) is 10.2. The van der Waals surface area contributed by atoms with Crippen molar-refractivity contribution in [3.05, 3.63) is 23.8 Å². The summed E-state index contributed by atoms with van der Waals surface area (Å²) in [6.45, 7) is 1.96. The average molecular weight is 239 g/mol. The molecule has 0 fully saturated rings. The van der Waals surface area contributed by atoms with E-state index < -0.39 is 12.0 Å². The number of aliphatic carboxylic acids is 1. The number of likely N-dealkylation sites (N-methyl/N-ethyl adjacent to an activating group) is 1. The summed E-state index contributed by atoms with van der Waals surface area (Å²) in [7, 11) is 3.22. The average Bonchev–Trinajstić information content (AvgIpc) is 2.30. The maximum atomic E-state index is 10.8. The molecule has 0 amide bonds. The third kappa shape index (κ3) is 3.35. The summed E-state index contributed by atoms with van der Waals surface area (Å²) in [4.78, 5) is 12.4. The topological polar surface area (TPSA) is 70.0 Å². The molecule has 2 N–H and O–H groups in total. The Morgan fingerprint density at radius 1 is 1.53 bits per heavy atom. The van der Waals surface area contributed by atoms with Crippen molar-refractivity contribution in [3.8, 4) is 11.5 Å². The van der Waals surface area contributed by atoms with Crippen molar-refractivity contribution >= 4 is 5.97 Å². The SMILES string of the molecule is COc1ccc(CN(C)C(C)C(=O)O)c(O)c1. The van der Waals surface area contributed by atoms with Gasteiger partial charge in [-0.2, -0.15) is 0 Å². The first-order valence-electron chi connectivity index (χ1n) is 5.24. The number of ether oxygens (including phenoxy) is 1. The van der Waals surface area contributed by atoms with E-state index in [0.717, 1.165) is 0 Å². The quantitative estimate of drug-likeness (QED) is 0.810. The Bertz CT molecular complexity index is 405. The van der Waals surface area contributed by atoms with Crippen LogP contribution >= 0.6 is 0 Å². The van der Waals surface area contributed by atoms with Gasteiger partial charge in [-0.05, 0) is 20.0 Å². The second-order valence-electron chi connectivity index (χ2n) is 3.92.